The van der Waals surface area contributed by atoms with Crippen LogP contribution in [-0.4, -0.2) is 156 Å². The molecule has 10 N–H and O–H groups in total. The number of nitrogens with one attached hydrogen (secondary N) is 2. The van der Waals surface area contributed by atoms with E-state index in [4.69, 9.17) is 35.2 Å². The van der Waals surface area contributed by atoms with E-state index in [0.29, 0.717) is 54.7 Å². The molecule has 4 bridgehead atoms. The summed E-state index contributed by atoms with van der Waals surface area (Å²) >= 11 is 0. The zero-order chi connectivity index (χ0) is 58.3. The zero-order valence-corrected chi connectivity index (χ0v) is 51.1. The van der Waals surface area contributed by atoms with Crippen molar-refractivity contribution < 1.29 is 74.4 Å². The quantitative estimate of drug-likeness (QED) is 0.0250. The number of benzene rings is 2. The third-order valence-electron chi connectivity index (χ3n) is 13.4. The molecule has 3 fully saturated rings. The van der Waals surface area contributed by atoms with Crippen LogP contribution in [-0.2, 0) is 57.4 Å². The highest BCUT2D eigenvalue weighted by atomic mass is 33.1. The number of carboxylic acid groups (broad SMARTS) is 4. The van der Waals surface area contributed by atoms with Gasteiger partial charge in [0, 0.05) is 52.5 Å². The number of ketones is 2. The van der Waals surface area contributed by atoms with E-state index in [1.807, 2.05) is 6.92 Å². The number of fused-ring (bicyclic) bond motifs is 2. The van der Waals surface area contributed by atoms with Gasteiger partial charge in [-0.25, -0.2) is 0 Å². The molecule has 28 heteroatoms. The van der Waals surface area contributed by atoms with Gasteiger partial charge in [-0.3, -0.25) is 37.1 Å². The van der Waals surface area contributed by atoms with Crippen LogP contribution >= 0.6 is 64.8 Å². The van der Waals surface area contributed by atoms with E-state index in [2.05, 4.69) is 31.4 Å². The van der Waals surface area contributed by atoms with Crippen LogP contribution in [0.3, 0.4) is 0 Å². The maximum atomic E-state index is 12.3. The minimum Gasteiger partial charge on any atom is -0.481 e. The lowest BCUT2D eigenvalue weighted by molar-refractivity contribution is -0.141. The molecular weight excluding hydrogens is 1170 g/mol. The van der Waals surface area contributed by atoms with E-state index >= 15 is 0 Å². The van der Waals surface area contributed by atoms with Crippen molar-refractivity contribution in [3.05, 3.63) is 48.5 Å². The first-order chi connectivity index (χ1) is 36.7. The number of aliphatic carboxylic acids is 4. The second kappa shape index (κ2) is 34.8. The first kappa shape index (κ1) is 69.7. The molecule has 20 nitrogen and oxygen atoms in total. The molecule has 3 heterocycles. The molecule has 3 aliphatic carbocycles. The van der Waals surface area contributed by atoms with Crippen LogP contribution in [0, 0.1) is 23.7 Å². The standard InChI is InChI=1S/C16H14O6S2.C15H27NO2S2.C13H23NO4S2.C6H12N2O4S2/c17-23(18)13-5-1-11(2-6-13)12-3-7-14(8-4-12)24(19,20)22-16-10-9-15(16)21-23;1-5-13(11(3)17)8-19-20-9-15(12(4)18)16-14-7-6-10(14)2;1-3-9(12(15)16)6-19-20-7-11(13(17)18)14-10-5-4-8(10)2;7-3(5(9)10)1-13-14-2-4(8)6(11)12/h1-8,15-16H,9-10H2;10,13-16H,5-9H2,1-4H3;8-11,14H,3-7H2,1-2H3,(H,15,16)(H,17,18);3-4H,1-2,7-8H2,(H,9,10)(H,11,12)/t;10?,13-,14?,15+;8?,9-,10?,11+;3-,4+/m.00./s1. The van der Waals surface area contributed by atoms with Gasteiger partial charge >= 0.3 is 23.9 Å². The monoisotopic (exact) mass is 1240 g/mol. The van der Waals surface area contributed by atoms with Crippen LogP contribution in [0.25, 0.3) is 11.1 Å². The Balaban J connectivity index is 0.000000279. The number of Topliss-reactive ketones (excluding diaryl/α,β-unsaturated/α-hetero) is 2. The van der Waals surface area contributed by atoms with Crippen molar-refractivity contribution in [3.63, 3.8) is 0 Å². The highest BCUT2D eigenvalue weighted by molar-refractivity contribution is 8.77. The summed E-state index contributed by atoms with van der Waals surface area (Å²) in [4.78, 5) is 65.7. The fraction of sp³-hybridized carbons (Fsp3) is 0.640. The molecule has 8 rings (SSSR count). The van der Waals surface area contributed by atoms with E-state index < -0.39 is 74.4 Å². The average molecular weight is 1250 g/mol. The predicted octanol–water partition coefficient (Wildman–Crippen LogP) is 7.15. The summed E-state index contributed by atoms with van der Waals surface area (Å²) in [6, 6.07) is 11.0. The Morgan fingerprint density at radius 3 is 1.17 bits per heavy atom. The Hall–Kier alpha value is -2.58. The minimum absolute atomic E-state index is 0.0356. The molecule has 78 heavy (non-hydrogen) atoms. The number of rotatable bonds is 27. The molecule has 3 aliphatic heterocycles. The van der Waals surface area contributed by atoms with Crippen LogP contribution < -0.4 is 22.1 Å². The molecule has 0 saturated heterocycles. The maximum absolute atomic E-state index is 12.3. The highest BCUT2D eigenvalue weighted by Gasteiger charge is 2.41. The van der Waals surface area contributed by atoms with Crippen LogP contribution in [0.1, 0.15) is 92.9 Å². The van der Waals surface area contributed by atoms with E-state index in [-0.39, 0.29) is 50.7 Å². The molecule has 2 aromatic carbocycles. The Kier molecular flexibility index (Phi) is 31.1. The second-order valence-electron chi connectivity index (χ2n) is 19.3. The van der Waals surface area contributed by atoms with Gasteiger partial charge in [0.1, 0.15) is 41.9 Å². The van der Waals surface area contributed by atoms with E-state index in [0.717, 1.165) is 41.9 Å². The molecule has 0 amide bonds. The highest BCUT2D eigenvalue weighted by Crippen LogP contribution is 2.35. The lowest BCUT2D eigenvalue weighted by Crippen LogP contribution is -2.51. The number of nitrogens with two attached hydrogens (primary N) is 2. The zero-order valence-electron chi connectivity index (χ0n) is 44.6. The fourth-order valence-electron chi connectivity index (χ4n) is 7.31. The molecule has 440 valence electrons. The molecular formula is C50H76N4O16S8. The number of carbonyl (C=O) groups excluding carboxylic acids is 2. The summed E-state index contributed by atoms with van der Waals surface area (Å²) < 4.78 is 59.6. The Labute approximate surface area is 482 Å². The first-order valence-electron chi connectivity index (χ1n) is 25.5. The topological polar surface area (TPSA) is 346 Å². The number of hydrogen-bond acceptors (Lipinski definition) is 22. The SMILES string of the molecule is CC[C@@H](CSSC[C@@H](NC1CCC1C)C(=O)O)C(=O)O.CC[C@@H](CSSC[C@@H](NC1CCC1C)C(C)=O)C(C)=O.N[C@H](CSSC[C@H](N)C(=O)O)C(=O)O.O=S1(=O)OC2CCC2OS(=O)(=O)c2ccc(cc2)-c2ccc1cc2. The van der Waals surface area contributed by atoms with Gasteiger partial charge in [-0.1, -0.05) is 117 Å². The fourth-order valence-corrected chi connectivity index (χ4v) is 17.1. The molecule has 0 aromatic heterocycles. The van der Waals surface area contributed by atoms with Crippen LogP contribution in [0.4, 0.5) is 0 Å². The normalized spacial score (nSPS) is 23.6. The van der Waals surface area contributed by atoms with Gasteiger partial charge in [-0.05, 0) is 112 Å². The van der Waals surface area contributed by atoms with Gasteiger partial charge in [0.25, 0.3) is 20.2 Å². The molecule has 2 aromatic rings. The van der Waals surface area contributed by atoms with E-state index in [9.17, 15) is 50.7 Å². The molecule has 0 spiro atoms. The second-order valence-corrected chi connectivity index (χ2v) is 30.1. The largest absolute Gasteiger partial charge is 0.481 e. The summed E-state index contributed by atoms with van der Waals surface area (Å²) in [5.41, 5.74) is 12.0. The van der Waals surface area contributed by atoms with Crippen molar-refractivity contribution in [3.8, 4) is 11.1 Å². The van der Waals surface area contributed by atoms with Crippen molar-refractivity contribution in [1.29, 1.82) is 0 Å². The van der Waals surface area contributed by atoms with Crippen molar-refractivity contribution in [2.24, 2.45) is 35.1 Å². The van der Waals surface area contributed by atoms with Gasteiger partial charge in [0.2, 0.25) is 0 Å². The predicted molar refractivity (Wildman–Crippen MR) is 314 cm³/mol. The maximum Gasteiger partial charge on any atom is 0.321 e. The lowest BCUT2D eigenvalue weighted by Gasteiger charge is -2.37. The van der Waals surface area contributed by atoms with Gasteiger partial charge in [-0.2, -0.15) is 16.8 Å². The molecule has 6 aliphatic rings. The minimum atomic E-state index is -3.96. The molecule has 12 atom stereocenters. The summed E-state index contributed by atoms with van der Waals surface area (Å²) in [7, 11) is 0.792. The van der Waals surface area contributed by atoms with Gasteiger partial charge in [0.15, 0.2) is 0 Å². The van der Waals surface area contributed by atoms with Gasteiger partial charge in [-0.15, -0.1) is 0 Å². The van der Waals surface area contributed by atoms with E-state index in [1.165, 1.54) is 80.3 Å². The van der Waals surface area contributed by atoms with Crippen LogP contribution in [0.15, 0.2) is 58.3 Å². The molecule has 6 unspecified atom stereocenters. The van der Waals surface area contributed by atoms with Crippen molar-refractivity contribution in [2.45, 2.75) is 151 Å². The van der Waals surface area contributed by atoms with Crippen molar-refractivity contribution in [2.75, 3.05) is 34.5 Å². The van der Waals surface area contributed by atoms with Crippen molar-refractivity contribution in [1.82, 2.24) is 10.6 Å². The smallest absolute Gasteiger partial charge is 0.321 e. The van der Waals surface area contributed by atoms with Crippen LogP contribution in [0.2, 0.25) is 0 Å². The lowest BCUT2D eigenvalue weighted by atomic mass is 9.81. The Morgan fingerprint density at radius 2 is 0.872 bits per heavy atom. The van der Waals surface area contributed by atoms with Crippen LogP contribution in [0.5, 0.6) is 0 Å². The summed E-state index contributed by atoms with van der Waals surface area (Å²) in [6.07, 6.45) is 5.40. The Bertz CT molecular complexity index is 2310. The van der Waals surface area contributed by atoms with E-state index in [1.54, 1.807) is 59.7 Å². The van der Waals surface area contributed by atoms with Gasteiger partial charge in [0.05, 0.1) is 21.8 Å². The summed E-state index contributed by atoms with van der Waals surface area (Å²) in [5, 5.41) is 41.6. The average Bonchev–Trinajstić information content (AvgIpc) is 3.38. The molecule has 0 radical (unpaired) electrons. The number of carbonyl (C=O) groups is 6. The Morgan fingerprint density at radius 1 is 0.513 bits per heavy atom. The third kappa shape index (κ3) is 23.7. The third-order valence-corrected chi connectivity index (χ3v) is 23.6. The van der Waals surface area contributed by atoms with Gasteiger partial charge < -0.3 is 42.5 Å². The number of carboxylic acids is 4. The van der Waals surface area contributed by atoms with Crippen molar-refractivity contribution >= 4 is 120 Å². The summed E-state index contributed by atoms with van der Waals surface area (Å²) in [6.45, 7) is 11.6. The molecule has 3 saturated carbocycles. The summed E-state index contributed by atoms with van der Waals surface area (Å²) in [5.74, 6) is 0.849. The first-order valence-corrected chi connectivity index (χ1v) is 35.7. The number of hydrogen-bond donors (Lipinski definition) is 8.